The number of hydrogen-bond acceptors (Lipinski definition) is 3. The molecule has 0 aromatic rings. The number of aliphatic carboxylic acids is 1. The summed E-state index contributed by atoms with van der Waals surface area (Å²) in [6, 6.07) is 0.434. The van der Waals surface area contributed by atoms with E-state index in [1.807, 2.05) is 19.2 Å². The largest absolute Gasteiger partial charge is 0.481 e. The lowest BCUT2D eigenvalue weighted by Gasteiger charge is -2.25. The maximum atomic E-state index is 12.3. The fourth-order valence-electron chi connectivity index (χ4n) is 3.25. The van der Waals surface area contributed by atoms with Crippen LogP contribution in [0.25, 0.3) is 0 Å². The van der Waals surface area contributed by atoms with E-state index < -0.39 is 17.8 Å². The second-order valence-corrected chi connectivity index (χ2v) is 6.20. The molecule has 1 saturated carbocycles. The lowest BCUT2D eigenvalue weighted by atomic mass is 9.82. The van der Waals surface area contributed by atoms with Crippen molar-refractivity contribution < 1.29 is 14.7 Å². The van der Waals surface area contributed by atoms with Crippen LogP contribution in [0.5, 0.6) is 0 Å². The first-order chi connectivity index (χ1) is 9.41. The van der Waals surface area contributed by atoms with Crippen molar-refractivity contribution in [3.05, 3.63) is 12.2 Å². The van der Waals surface area contributed by atoms with E-state index in [-0.39, 0.29) is 17.7 Å². The summed E-state index contributed by atoms with van der Waals surface area (Å²) < 4.78 is 0. The third-order valence-electron chi connectivity index (χ3n) is 4.69. The fourth-order valence-corrected chi connectivity index (χ4v) is 3.25. The van der Waals surface area contributed by atoms with Crippen LogP contribution < -0.4 is 5.32 Å². The van der Waals surface area contributed by atoms with Crippen molar-refractivity contribution in [2.24, 2.45) is 23.7 Å². The van der Waals surface area contributed by atoms with Crippen molar-refractivity contribution in [2.75, 3.05) is 20.1 Å². The lowest BCUT2D eigenvalue weighted by molar-refractivity contribution is -0.147. The molecule has 2 bridgehead atoms. The number of rotatable bonds is 6. The summed E-state index contributed by atoms with van der Waals surface area (Å²) in [6.07, 6.45) is 4.77. The van der Waals surface area contributed by atoms with Crippen LogP contribution in [0.15, 0.2) is 12.2 Å². The van der Waals surface area contributed by atoms with Gasteiger partial charge in [-0.1, -0.05) is 12.2 Å². The maximum absolute atomic E-state index is 12.3. The number of amides is 1. The molecule has 2 aliphatic carbocycles. The predicted molar refractivity (Wildman–Crippen MR) is 76.1 cm³/mol. The van der Waals surface area contributed by atoms with E-state index in [4.69, 9.17) is 0 Å². The first-order valence-corrected chi connectivity index (χ1v) is 7.31. The second-order valence-electron chi connectivity index (χ2n) is 6.20. The van der Waals surface area contributed by atoms with Crippen molar-refractivity contribution in [1.82, 2.24) is 10.2 Å². The van der Waals surface area contributed by atoms with Crippen LogP contribution >= 0.6 is 0 Å². The molecule has 0 spiro atoms. The summed E-state index contributed by atoms with van der Waals surface area (Å²) in [6.45, 7) is 5.54. The van der Waals surface area contributed by atoms with Gasteiger partial charge in [0.25, 0.3) is 0 Å². The molecule has 0 heterocycles. The fraction of sp³-hybridized carbons (Fsp3) is 0.733. The zero-order valence-electron chi connectivity index (χ0n) is 12.4. The van der Waals surface area contributed by atoms with Crippen LogP contribution in [-0.2, 0) is 9.59 Å². The van der Waals surface area contributed by atoms with Gasteiger partial charge in [0.2, 0.25) is 5.91 Å². The summed E-state index contributed by atoms with van der Waals surface area (Å²) in [5, 5.41) is 12.2. The Morgan fingerprint density at radius 3 is 2.45 bits per heavy atom. The number of carbonyl (C=O) groups excluding carboxylic acids is 1. The van der Waals surface area contributed by atoms with Gasteiger partial charge in [0.05, 0.1) is 11.8 Å². The van der Waals surface area contributed by atoms with Gasteiger partial charge in [-0.25, -0.2) is 0 Å². The maximum Gasteiger partial charge on any atom is 0.307 e. The molecular formula is C15H24N2O3. The van der Waals surface area contributed by atoms with Gasteiger partial charge in [-0.15, -0.1) is 0 Å². The normalized spacial score (nSPS) is 31.2. The highest BCUT2D eigenvalue weighted by atomic mass is 16.4. The molecule has 2 N–H and O–H groups in total. The Hall–Kier alpha value is -1.36. The van der Waals surface area contributed by atoms with E-state index in [9.17, 15) is 14.7 Å². The van der Waals surface area contributed by atoms with Crippen LogP contribution in [0.4, 0.5) is 0 Å². The minimum Gasteiger partial charge on any atom is -0.481 e. The number of allylic oxidation sites excluding steroid dienone is 2. The SMILES string of the molecule is CC(C)N(C)CCNC(=O)C1C2C=CC(C2)C1C(=O)O. The van der Waals surface area contributed by atoms with Gasteiger partial charge in [-0.3, -0.25) is 9.59 Å². The molecule has 0 aromatic heterocycles. The third kappa shape index (κ3) is 2.87. The zero-order chi connectivity index (χ0) is 14.9. The van der Waals surface area contributed by atoms with Gasteiger partial charge >= 0.3 is 5.97 Å². The molecule has 4 unspecified atom stereocenters. The first kappa shape index (κ1) is 15.0. The van der Waals surface area contributed by atoms with Gasteiger partial charge in [-0.05, 0) is 39.2 Å². The molecule has 0 aromatic carbocycles. The molecular weight excluding hydrogens is 256 g/mol. The molecule has 4 atom stereocenters. The smallest absolute Gasteiger partial charge is 0.307 e. The van der Waals surface area contributed by atoms with E-state index >= 15 is 0 Å². The van der Waals surface area contributed by atoms with E-state index in [1.165, 1.54) is 0 Å². The monoisotopic (exact) mass is 280 g/mol. The molecule has 0 saturated heterocycles. The molecule has 5 nitrogen and oxygen atoms in total. The van der Waals surface area contributed by atoms with Crippen LogP contribution in [0.3, 0.4) is 0 Å². The van der Waals surface area contributed by atoms with Crippen LogP contribution in [0.1, 0.15) is 20.3 Å². The van der Waals surface area contributed by atoms with E-state index in [2.05, 4.69) is 24.1 Å². The molecule has 20 heavy (non-hydrogen) atoms. The Morgan fingerprint density at radius 2 is 1.90 bits per heavy atom. The van der Waals surface area contributed by atoms with Crippen molar-refractivity contribution in [1.29, 1.82) is 0 Å². The number of nitrogens with one attached hydrogen (secondary N) is 1. The molecule has 1 amide bonds. The number of fused-ring (bicyclic) bond motifs is 2. The number of hydrogen-bond donors (Lipinski definition) is 2. The second kappa shape index (κ2) is 5.95. The van der Waals surface area contributed by atoms with Crippen LogP contribution in [0, 0.1) is 23.7 Å². The minimum atomic E-state index is -0.846. The van der Waals surface area contributed by atoms with Gasteiger partial charge in [0.1, 0.15) is 0 Å². The Morgan fingerprint density at radius 1 is 1.30 bits per heavy atom. The average molecular weight is 280 g/mol. The van der Waals surface area contributed by atoms with Gasteiger partial charge < -0.3 is 15.3 Å². The molecule has 112 valence electrons. The van der Waals surface area contributed by atoms with E-state index in [0.29, 0.717) is 12.6 Å². The Bertz CT molecular complexity index is 419. The first-order valence-electron chi connectivity index (χ1n) is 7.31. The average Bonchev–Trinajstić information content (AvgIpc) is 2.97. The number of nitrogens with zero attached hydrogens (tertiary/aromatic N) is 1. The van der Waals surface area contributed by atoms with Crippen molar-refractivity contribution >= 4 is 11.9 Å². The van der Waals surface area contributed by atoms with Crippen molar-refractivity contribution in [3.8, 4) is 0 Å². The summed E-state index contributed by atoms with van der Waals surface area (Å²) in [5.41, 5.74) is 0. The number of likely N-dealkylation sites (N-methyl/N-ethyl adjacent to an activating group) is 1. The summed E-state index contributed by atoms with van der Waals surface area (Å²) in [5.74, 6) is -1.76. The highest BCUT2D eigenvalue weighted by molar-refractivity contribution is 5.86. The molecule has 2 aliphatic rings. The van der Waals surface area contributed by atoms with Crippen molar-refractivity contribution in [2.45, 2.75) is 26.3 Å². The molecule has 2 rings (SSSR count). The van der Waals surface area contributed by atoms with E-state index in [1.54, 1.807) is 0 Å². The molecule has 5 heteroatoms. The molecule has 0 aliphatic heterocycles. The molecule has 1 fully saturated rings. The summed E-state index contributed by atoms with van der Waals surface area (Å²) in [7, 11) is 2.01. The third-order valence-corrected chi connectivity index (χ3v) is 4.69. The minimum absolute atomic E-state index is 0.0339. The predicted octanol–water partition coefficient (Wildman–Crippen LogP) is 0.966. The Kier molecular flexibility index (Phi) is 4.48. The standard InChI is InChI=1S/C15H24N2O3/c1-9(2)17(3)7-6-16-14(18)12-10-4-5-11(8-10)13(12)15(19)20/h4-5,9-13H,6-8H2,1-3H3,(H,16,18)(H,19,20). The lowest BCUT2D eigenvalue weighted by Crippen LogP contribution is -2.43. The van der Waals surface area contributed by atoms with Crippen LogP contribution in [0.2, 0.25) is 0 Å². The Balaban J connectivity index is 1.89. The van der Waals surface area contributed by atoms with Gasteiger partial charge in [-0.2, -0.15) is 0 Å². The van der Waals surface area contributed by atoms with E-state index in [0.717, 1.165) is 13.0 Å². The van der Waals surface area contributed by atoms with Crippen molar-refractivity contribution in [3.63, 3.8) is 0 Å². The highest BCUT2D eigenvalue weighted by Gasteiger charge is 2.51. The molecule has 0 radical (unpaired) electrons. The van der Waals surface area contributed by atoms with Crippen LogP contribution in [-0.4, -0.2) is 48.1 Å². The topological polar surface area (TPSA) is 69.6 Å². The van der Waals surface area contributed by atoms with Gasteiger partial charge in [0, 0.05) is 19.1 Å². The zero-order valence-corrected chi connectivity index (χ0v) is 12.4. The number of carboxylic acids is 1. The number of carbonyl (C=O) groups is 2. The van der Waals surface area contributed by atoms with Gasteiger partial charge in [0.15, 0.2) is 0 Å². The summed E-state index contributed by atoms with van der Waals surface area (Å²) >= 11 is 0. The number of carboxylic acid groups (broad SMARTS) is 1. The Labute approximate surface area is 120 Å². The quantitative estimate of drug-likeness (QED) is 0.711. The summed E-state index contributed by atoms with van der Waals surface area (Å²) in [4.78, 5) is 25.8. The highest BCUT2D eigenvalue weighted by Crippen LogP contribution is 2.48.